The van der Waals surface area contributed by atoms with E-state index in [1.807, 2.05) is 30.3 Å². The molecule has 2 aromatic rings. The molecular weight excluding hydrogens is 306 g/mol. The van der Waals surface area contributed by atoms with Crippen LogP contribution in [0.3, 0.4) is 0 Å². The van der Waals surface area contributed by atoms with Gasteiger partial charge in [0.15, 0.2) is 0 Å². The quantitative estimate of drug-likeness (QED) is 0.754. The van der Waals surface area contributed by atoms with Crippen molar-refractivity contribution in [2.75, 3.05) is 0 Å². The van der Waals surface area contributed by atoms with E-state index in [0.717, 1.165) is 18.1 Å². The van der Waals surface area contributed by atoms with Gasteiger partial charge in [-0.2, -0.15) is 0 Å². The van der Waals surface area contributed by atoms with Gasteiger partial charge in [-0.15, -0.1) is 0 Å². The summed E-state index contributed by atoms with van der Waals surface area (Å²) in [6.45, 7) is 1.76. The highest BCUT2D eigenvalue weighted by Gasteiger charge is 2.04. The van der Waals surface area contributed by atoms with Crippen LogP contribution in [0.5, 0.6) is 0 Å². The molecule has 0 unspecified atom stereocenters. The Labute approximate surface area is 133 Å². The van der Waals surface area contributed by atoms with Gasteiger partial charge >= 0.3 is 11.9 Å². The third-order valence-electron chi connectivity index (χ3n) is 2.60. The first kappa shape index (κ1) is 17.7. The van der Waals surface area contributed by atoms with Gasteiger partial charge in [0.1, 0.15) is 0 Å². The molecule has 2 aromatic carbocycles. The molecule has 0 spiro atoms. The van der Waals surface area contributed by atoms with Crippen molar-refractivity contribution in [3.05, 3.63) is 70.7 Å². The molecule has 0 aliphatic heterocycles. The molecule has 2 rings (SSSR count). The van der Waals surface area contributed by atoms with E-state index in [9.17, 15) is 0 Å². The molecule has 3 N–H and O–H groups in total. The molecule has 0 amide bonds. The molecule has 0 bridgehead atoms. The molecule has 0 aliphatic rings. The van der Waals surface area contributed by atoms with Gasteiger partial charge in [-0.1, -0.05) is 54.1 Å². The lowest BCUT2D eigenvalue weighted by atomic mass is 10.2. The smallest absolute Gasteiger partial charge is 0.414 e. The number of benzene rings is 2. The fraction of sp³-hybridized carbons (Fsp3) is 0.125. The van der Waals surface area contributed by atoms with Gasteiger partial charge in [-0.05, 0) is 23.3 Å². The summed E-state index contributed by atoms with van der Waals surface area (Å²) in [6.07, 6.45) is 0. The number of nitrogens with one attached hydrogen (secondary N) is 1. The molecule has 6 heteroatoms. The van der Waals surface area contributed by atoms with E-state index in [-0.39, 0.29) is 0 Å². The van der Waals surface area contributed by atoms with Gasteiger partial charge in [-0.3, -0.25) is 0 Å². The fourth-order valence-corrected chi connectivity index (χ4v) is 1.68. The molecule has 0 aliphatic carbocycles. The summed E-state index contributed by atoms with van der Waals surface area (Å²) in [5.74, 6) is -3.65. The third kappa shape index (κ3) is 7.42. The molecule has 116 valence electrons. The predicted octanol–water partition coefficient (Wildman–Crippen LogP) is 2.79. The van der Waals surface area contributed by atoms with Crippen molar-refractivity contribution in [1.82, 2.24) is 5.32 Å². The minimum atomic E-state index is -1.82. The molecule has 0 saturated carbocycles. The first-order valence-electron chi connectivity index (χ1n) is 6.44. The summed E-state index contributed by atoms with van der Waals surface area (Å²) in [7, 11) is 0. The number of hydrogen-bond donors (Lipinski definition) is 3. The lowest BCUT2D eigenvalue weighted by molar-refractivity contribution is -0.159. The van der Waals surface area contributed by atoms with E-state index in [1.165, 1.54) is 11.1 Å². The zero-order valence-corrected chi connectivity index (χ0v) is 12.5. The number of carbonyl (C=O) groups is 2. The zero-order valence-electron chi connectivity index (χ0n) is 11.7. The second kappa shape index (κ2) is 9.55. The van der Waals surface area contributed by atoms with Crippen LogP contribution in [0.15, 0.2) is 54.6 Å². The monoisotopic (exact) mass is 321 g/mol. The second-order valence-electron chi connectivity index (χ2n) is 4.33. The molecule has 0 radical (unpaired) electrons. The molecular formula is C16H16ClNO4. The molecule has 0 heterocycles. The molecule has 22 heavy (non-hydrogen) atoms. The summed E-state index contributed by atoms with van der Waals surface area (Å²) in [4.78, 5) is 18.2. The van der Waals surface area contributed by atoms with Gasteiger partial charge in [0.25, 0.3) is 0 Å². The number of rotatable bonds is 4. The average molecular weight is 322 g/mol. The Bertz CT molecular complexity index is 587. The summed E-state index contributed by atoms with van der Waals surface area (Å²) >= 11 is 5.82. The Morgan fingerprint density at radius 3 is 1.73 bits per heavy atom. The van der Waals surface area contributed by atoms with Crippen LogP contribution in [0.25, 0.3) is 0 Å². The van der Waals surface area contributed by atoms with Crippen molar-refractivity contribution in [3.8, 4) is 0 Å². The lowest BCUT2D eigenvalue weighted by Gasteiger charge is -2.05. The fourth-order valence-electron chi connectivity index (χ4n) is 1.55. The Kier molecular flexibility index (Phi) is 7.67. The number of carboxylic acid groups (broad SMARTS) is 2. The van der Waals surface area contributed by atoms with Crippen molar-refractivity contribution in [2.24, 2.45) is 0 Å². The van der Waals surface area contributed by atoms with E-state index in [0.29, 0.717) is 0 Å². The van der Waals surface area contributed by atoms with Crippen molar-refractivity contribution in [2.45, 2.75) is 13.1 Å². The second-order valence-corrected chi connectivity index (χ2v) is 4.76. The maximum absolute atomic E-state index is 9.10. The number of aliphatic carboxylic acids is 2. The van der Waals surface area contributed by atoms with Crippen LogP contribution in [0.1, 0.15) is 11.1 Å². The highest BCUT2D eigenvalue weighted by Crippen LogP contribution is 2.09. The Morgan fingerprint density at radius 1 is 0.818 bits per heavy atom. The van der Waals surface area contributed by atoms with Gasteiger partial charge in [0.2, 0.25) is 0 Å². The minimum absolute atomic E-state index is 0.784. The standard InChI is InChI=1S/C14H14ClN.C2H2O4/c15-14-8-6-13(7-9-14)11-16-10-12-4-2-1-3-5-12;3-1(4)2(5)6/h1-9,16H,10-11H2;(H,3,4)(H,5,6). The maximum atomic E-state index is 9.10. The van der Waals surface area contributed by atoms with Crippen LogP contribution >= 0.6 is 11.6 Å². The van der Waals surface area contributed by atoms with Gasteiger partial charge in [-0.25, -0.2) is 9.59 Å². The van der Waals surface area contributed by atoms with E-state index < -0.39 is 11.9 Å². The largest absolute Gasteiger partial charge is 0.473 e. The van der Waals surface area contributed by atoms with Crippen molar-refractivity contribution < 1.29 is 19.8 Å². The molecule has 0 atom stereocenters. The van der Waals surface area contributed by atoms with Crippen LogP contribution in [-0.2, 0) is 22.7 Å². The van der Waals surface area contributed by atoms with Crippen LogP contribution in [0.2, 0.25) is 5.02 Å². The van der Waals surface area contributed by atoms with Gasteiger partial charge in [0.05, 0.1) is 0 Å². The molecule has 0 fully saturated rings. The number of halogens is 1. The Balaban J connectivity index is 0.000000346. The Hall–Kier alpha value is -2.37. The third-order valence-corrected chi connectivity index (χ3v) is 2.85. The van der Waals surface area contributed by atoms with Crippen LogP contribution in [0, 0.1) is 0 Å². The average Bonchev–Trinajstić information content (AvgIpc) is 2.51. The predicted molar refractivity (Wildman–Crippen MR) is 83.7 cm³/mol. The van der Waals surface area contributed by atoms with E-state index in [2.05, 4.69) is 29.6 Å². The van der Waals surface area contributed by atoms with E-state index in [4.69, 9.17) is 31.4 Å². The minimum Gasteiger partial charge on any atom is -0.473 e. The summed E-state index contributed by atoms with van der Waals surface area (Å²) in [5, 5.41) is 19.0. The molecule has 0 saturated heterocycles. The van der Waals surface area contributed by atoms with Gasteiger partial charge < -0.3 is 15.5 Å². The van der Waals surface area contributed by atoms with Crippen LogP contribution in [-0.4, -0.2) is 22.2 Å². The van der Waals surface area contributed by atoms with Crippen LogP contribution < -0.4 is 5.32 Å². The van der Waals surface area contributed by atoms with Crippen molar-refractivity contribution in [1.29, 1.82) is 0 Å². The first-order valence-corrected chi connectivity index (χ1v) is 6.82. The topological polar surface area (TPSA) is 86.6 Å². The summed E-state index contributed by atoms with van der Waals surface area (Å²) in [5.41, 5.74) is 2.55. The van der Waals surface area contributed by atoms with Crippen molar-refractivity contribution in [3.63, 3.8) is 0 Å². The highest BCUT2D eigenvalue weighted by molar-refractivity contribution is 6.30. The maximum Gasteiger partial charge on any atom is 0.414 e. The summed E-state index contributed by atoms with van der Waals surface area (Å²) in [6, 6.07) is 18.3. The highest BCUT2D eigenvalue weighted by atomic mass is 35.5. The van der Waals surface area contributed by atoms with Gasteiger partial charge in [0, 0.05) is 18.1 Å². The lowest BCUT2D eigenvalue weighted by Crippen LogP contribution is -2.12. The number of hydrogen-bond acceptors (Lipinski definition) is 3. The van der Waals surface area contributed by atoms with E-state index >= 15 is 0 Å². The van der Waals surface area contributed by atoms with Crippen molar-refractivity contribution >= 4 is 23.5 Å². The zero-order chi connectivity index (χ0) is 16.4. The molecule has 0 aromatic heterocycles. The SMILES string of the molecule is Clc1ccc(CNCc2ccccc2)cc1.O=C(O)C(=O)O. The number of carboxylic acids is 2. The Morgan fingerprint density at radius 2 is 1.27 bits per heavy atom. The van der Waals surface area contributed by atoms with E-state index in [1.54, 1.807) is 0 Å². The van der Waals surface area contributed by atoms with Crippen LogP contribution in [0.4, 0.5) is 0 Å². The summed E-state index contributed by atoms with van der Waals surface area (Å²) < 4.78 is 0. The molecule has 5 nitrogen and oxygen atoms in total. The first-order chi connectivity index (χ1) is 10.5. The normalized spacial score (nSPS) is 9.50.